The topological polar surface area (TPSA) is 77.1 Å². The Morgan fingerprint density at radius 2 is 1.60 bits per heavy atom. The van der Waals surface area contributed by atoms with E-state index in [2.05, 4.69) is 5.32 Å². The molecule has 9 heteroatoms. The zero-order valence-electron chi connectivity index (χ0n) is 14.6. The first-order valence-corrected chi connectivity index (χ1v) is 9.51. The van der Waals surface area contributed by atoms with Crippen LogP contribution >= 0.6 is 12.4 Å². The van der Waals surface area contributed by atoms with Crippen LogP contribution in [-0.4, -0.2) is 59.2 Å². The van der Waals surface area contributed by atoms with E-state index in [4.69, 9.17) is 14.2 Å². The van der Waals surface area contributed by atoms with Crippen molar-refractivity contribution >= 4 is 22.4 Å². The van der Waals surface area contributed by atoms with Crippen LogP contribution in [0.3, 0.4) is 0 Å². The molecule has 1 aromatic carbocycles. The fraction of sp³-hybridized carbons (Fsp3) is 0.625. The van der Waals surface area contributed by atoms with E-state index in [0.29, 0.717) is 12.3 Å². The van der Waals surface area contributed by atoms with Crippen molar-refractivity contribution in [3.8, 4) is 17.2 Å². The second-order valence-corrected chi connectivity index (χ2v) is 7.85. The van der Waals surface area contributed by atoms with Gasteiger partial charge in [0.05, 0.1) is 21.3 Å². The number of hydrogen-bond donors (Lipinski definition) is 1. The zero-order chi connectivity index (χ0) is 17.3. The summed E-state index contributed by atoms with van der Waals surface area (Å²) < 4.78 is 44.5. The van der Waals surface area contributed by atoms with Crippen molar-refractivity contribution in [3.63, 3.8) is 0 Å². The molecule has 2 fully saturated rings. The van der Waals surface area contributed by atoms with E-state index >= 15 is 0 Å². The molecular weight excluding hydrogens is 368 g/mol. The Morgan fingerprint density at radius 1 is 1.00 bits per heavy atom. The first kappa shape index (κ1) is 20.1. The van der Waals surface area contributed by atoms with Gasteiger partial charge in [-0.2, -0.15) is 4.31 Å². The quantitative estimate of drug-likeness (QED) is 0.821. The van der Waals surface area contributed by atoms with Crippen molar-refractivity contribution < 1.29 is 22.6 Å². The number of rotatable bonds is 5. The Bertz CT molecular complexity index is 673. The van der Waals surface area contributed by atoms with E-state index in [1.165, 1.54) is 21.3 Å². The molecule has 1 N–H and O–H groups in total. The average molecular weight is 393 g/mol. The summed E-state index contributed by atoms with van der Waals surface area (Å²) in [6.45, 7) is 1.51. The summed E-state index contributed by atoms with van der Waals surface area (Å²) in [5.74, 6) is 0.966. The van der Waals surface area contributed by atoms with Crippen LogP contribution in [0.25, 0.3) is 0 Å². The molecule has 0 aromatic heterocycles. The van der Waals surface area contributed by atoms with Crippen molar-refractivity contribution in [1.29, 1.82) is 0 Å². The smallest absolute Gasteiger partial charge is 0.251 e. The van der Waals surface area contributed by atoms with Gasteiger partial charge in [-0.3, -0.25) is 0 Å². The van der Waals surface area contributed by atoms with Crippen LogP contribution in [-0.2, 0) is 10.0 Å². The summed E-state index contributed by atoms with van der Waals surface area (Å²) in [7, 11) is 0.673. The van der Waals surface area contributed by atoms with Crippen LogP contribution in [0, 0.1) is 0 Å². The van der Waals surface area contributed by atoms with Crippen molar-refractivity contribution in [2.24, 2.45) is 0 Å². The summed E-state index contributed by atoms with van der Waals surface area (Å²) in [5.41, 5.74) is 0. The van der Waals surface area contributed by atoms with Gasteiger partial charge in [0.2, 0.25) is 0 Å². The lowest BCUT2D eigenvalue weighted by atomic mass is 10.1. The minimum Gasteiger partial charge on any atom is -0.496 e. The van der Waals surface area contributed by atoms with Gasteiger partial charge in [-0.1, -0.05) is 0 Å². The molecule has 2 unspecified atom stereocenters. The Morgan fingerprint density at radius 3 is 2.16 bits per heavy atom. The maximum atomic E-state index is 13.5. The molecule has 2 heterocycles. The van der Waals surface area contributed by atoms with Crippen molar-refractivity contribution in [3.05, 3.63) is 12.1 Å². The molecule has 2 bridgehead atoms. The molecule has 3 rings (SSSR count). The molecule has 142 valence electrons. The predicted molar refractivity (Wildman–Crippen MR) is 96.7 cm³/mol. The van der Waals surface area contributed by atoms with Gasteiger partial charge in [0, 0.05) is 30.8 Å². The third kappa shape index (κ3) is 3.53. The summed E-state index contributed by atoms with van der Waals surface area (Å²) in [4.78, 5) is 0.0760. The maximum Gasteiger partial charge on any atom is 0.251 e. The van der Waals surface area contributed by atoms with E-state index in [9.17, 15) is 8.42 Å². The van der Waals surface area contributed by atoms with E-state index in [0.717, 1.165) is 25.8 Å². The number of ether oxygens (including phenoxy) is 3. The number of sulfonamides is 1. The Hall–Kier alpha value is -1.22. The minimum absolute atomic E-state index is 0. The largest absolute Gasteiger partial charge is 0.496 e. The maximum absolute atomic E-state index is 13.5. The van der Waals surface area contributed by atoms with Gasteiger partial charge in [-0.25, -0.2) is 8.42 Å². The lowest BCUT2D eigenvalue weighted by Gasteiger charge is -2.28. The van der Waals surface area contributed by atoms with Crippen LogP contribution in [0.4, 0.5) is 0 Å². The second-order valence-electron chi connectivity index (χ2n) is 6.07. The average Bonchev–Trinajstić information content (AvgIpc) is 2.86. The van der Waals surface area contributed by atoms with E-state index in [1.54, 1.807) is 16.4 Å². The van der Waals surface area contributed by atoms with Gasteiger partial charge in [0.25, 0.3) is 10.0 Å². The molecule has 0 amide bonds. The number of benzene rings is 1. The number of nitrogens with one attached hydrogen (secondary N) is 1. The van der Waals surface area contributed by atoms with Crippen LogP contribution in [0.15, 0.2) is 17.0 Å². The standard InChI is InChI=1S/C16H24N2O5S.ClH/c1-21-13-8-14(22-2)16(15(9-13)23-3)24(19,20)18-11-4-5-12(18)10-17-7-6-11;/h8-9,11-12,17H,4-7,10H2,1-3H3;1H. The third-order valence-electron chi connectivity index (χ3n) is 4.79. The fourth-order valence-electron chi connectivity index (χ4n) is 3.66. The van der Waals surface area contributed by atoms with Gasteiger partial charge < -0.3 is 19.5 Å². The minimum atomic E-state index is -3.74. The van der Waals surface area contributed by atoms with Gasteiger partial charge in [0.15, 0.2) is 4.90 Å². The highest BCUT2D eigenvalue weighted by atomic mass is 35.5. The van der Waals surface area contributed by atoms with Crippen molar-refractivity contribution in [2.45, 2.75) is 36.2 Å². The molecule has 2 aliphatic rings. The van der Waals surface area contributed by atoms with Gasteiger partial charge in [-0.15, -0.1) is 12.4 Å². The number of methoxy groups -OCH3 is 3. The predicted octanol–water partition coefficient (Wildman–Crippen LogP) is 1.65. The summed E-state index contributed by atoms with van der Waals surface area (Å²) in [6.07, 6.45) is 2.58. The van der Waals surface area contributed by atoms with Gasteiger partial charge >= 0.3 is 0 Å². The first-order valence-electron chi connectivity index (χ1n) is 8.07. The molecule has 2 saturated heterocycles. The van der Waals surface area contributed by atoms with E-state index in [1.807, 2.05) is 0 Å². The molecule has 25 heavy (non-hydrogen) atoms. The highest BCUT2D eigenvalue weighted by molar-refractivity contribution is 7.89. The lowest BCUT2D eigenvalue weighted by molar-refractivity contribution is 0.323. The highest BCUT2D eigenvalue weighted by Crippen LogP contribution is 2.42. The number of hydrogen-bond acceptors (Lipinski definition) is 6. The molecule has 0 aliphatic carbocycles. The Kier molecular flexibility index (Phi) is 6.42. The van der Waals surface area contributed by atoms with Crippen molar-refractivity contribution in [1.82, 2.24) is 9.62 Å². The van der Waals surface area contributed by atoms with Crippen LogP contribution < -0.4 is 19.5 Å². The molecule has 0 radical (unpaired) electrons. The summed E-state index contributed by atoms with van der Waals surface area (Å²) in [5, 5.41) is 3.32. The fourth-order valence-corrected chi connectivity index (χ4v) is 5.84. The van der Waals surface area contributed by atoms with Crippen molar-refractivity contribution in [2.75, 3.05) is 34.4 Å². The first-order chi connectivity index (χ1) is 11.5. The molecule has 0 spiro atoms. The van der Waals surface area contributed by atoms with Gasteiger partial charge in [0.1, 0.15) is 17.2 Å². The molecule has 7 nitrogen and oxygen atoms in total. The SMILES string of the molecule is COc1cc(OC)c(S(=O)(=O)N2C3CCNCC2CC3)c(OC)c1.Cl. The van der Waals surface area contributed by atoms with Gasteiger partial charge in [-0.05, 0) is 25.8 Å². The Labute approximate surface area is 155 Å². The number of halogens is 1. The summed E-state index contributed by atoms with van der Waals surface area (Å²) in [6, 6.07) is 3.14. The van der Waals surface area contributed by atoms with E-state index < -0.39 is 10.0 Å². The molecule has 2 aliphatic heterocycles. The van der Waals surface area contributed by atoms with E-state index in [-0.39, 0.29) is 40.9 Å². The molecule has 1 aromatic rings. The number of fused-ring (bicyclic) bond motifs is 2. The zero-order valence-corrected chi connectivity index (χ0v) is 16.3. The molecule has 2 atom stereocenters. The molecule has 0 saturated carbocycles. The normalized spacial score (nSPS) is 23.5. The second kappa shape index (κ2) is 7.99. The highest BCUT2D eigenvalue weighted by Gasteiger charge is 2.45. The Balaban J connectivity index is 0.00000225. The lowest BCUT2D eigenvalue weighted by Crippen LogP contribution is -2.42. The van der Waals surface area contributed by atoms with Crippen LogP contribution in [0.1, 0.15) is 19.3 Å². The number of nitrogens with zero attached hydrogens (tertiary/aromatic N) is 1. The third-order valence-corrected chi connectivity index (χ3v) is 6.86. The monoisotopic (exact) mass is 392 g/mol. The summed E-state index contributed by atoms with van der Waals surface area (Å²) >= 11 is 0. The molecular formula is C16H25ClN2O5S. The van der Waals surface area contributed by atoms with Crippen LogP contribution in [0.2, 0.25) is 0 Å². The van der Waals surface area contributed by atoms with Crippen LogP contribution in [0.5, 0.6) is 17.2 Å².